The van der Waals surface area contributed by atoms with Crippen LogP contribution in [0.4, 0.5) is 26.3 Å². The SMILES string of the molecule is FC(F)(F)Oc1cccc(-c2ccc(Cl)c(-c3cccc(OC(F)(F)F)c3)n2)c1. The van der Waals surface area contributed by atoms with E-state index in [1.165, 1.54) is 36.4 Å². The molecular weight excluding hydrogens is 424 g/mol. The largest absolute Gasteiger partial charge is 0.573 e. The van der Waals surface area contributed by atoms with Crippen molar-refractivity contribution in [3.63, 3.8) is 0 Å². The van der Waals surface area contributed by atoms with Crippen molar-refractivity contribution in [3.8, 4) is 34.0 Å². The molecule has 0 bridgehead atoms. The van der Waals surface area contributed by atoms with Gasteiger partial charge >= 0.3 is 12.7 Å². The van der Waals surface area contributed by atoms with Gasteiger partial charge in [-0.25, -0.2) is 4.98 Å². The molecule has 3 aromatic rings. The molecule has 0 atom stereocenters. The van der Waals surface area contributed by atoms with E-state index in [9.17, 15) is 26.3 Å². The third-order valence-electron chi connectivity index (χ3n) is 3.55. The van der Waals surface area contributed by atoms with Crippen molar-refractivity contribution in [1.82, 2.24) is 4.98 Å². The van der Waals surface area contributed by atoms with E-state index in [0.717, 1.165) is 24.3 Å². The highest BCUT2D eigenvalue weighted by atomic mass is 35.5. The average molecular weight is 434 g/mol. The second-order valence-corrected chi connectivity index (χ2v) is 6.09. The lowest BCUT2D eigenvalue weighted by Gasteiger charge is -2.12. The van der Waals surface area contributed by atoms with Gasteiger partial charge in [-0.2, -0.15) is 0 Å². The quantitative estimate of drug-likeness (QED) is 0.421. The van der Waals surface area contributed by atoms with Gasteiger partial charge in [0.2, 0.25) is 0 Å². The molecule has 0 N–H and O–H groups in total. The monoisotopic (exact) mass is 433 g/mol. The molecule has 0 saturated heterocycles. The number of aromatic nitrogens is 1. The van der Waals surface area contributed by atoms with Crippen molar-refractivity contribution in [2.45, 2.75) is 12.7 Å². The molecule has 2 aromatic carbocycles. The van der Waals surface area contributed by atoms with Crippen LogP contribution in [0.3, 0.4) is 0 Å². The van der Waals surface area contributed by atoms with Crippen LogP contribution in [0.1, 0.15) is 0 Å². The number of rotatable bonds is 4. The van der Waals surface area contributed by atoms with Crippen molar-refractivity contribution in [3.05, 3.63) is 65.7 Å². The van der Waals surface area contributed by atoms with Crippen molar-refractivity contribution >= 4 is 11.6 Å². The van der Waals surface area contributed by atoms with Gasteiger partial charge in [-0.3, -0.25) is 0 Å². The Labute approximate surface area is 165 Å². The summed E-state index contributed by atoms with van der Waals surface area (Å²) in [4.78, 5) is 4.28. The average Bonchev–Trinajstić information content (AvgIpc) is 2.59. The van der Waals surface area contributed by atoms with Gasteiger partial charge in [-0.05, 0) is 36.4 Å². The third-order valence-corrected chi connectivity index (χ3v) is 3.86. The van der Waals surface area contributed by atoms with Gasteiger partial charge in [0.15, 0.2) is 0 Å². The maximum absolute atomic E-state index is 12.4. The first-order chi connectivity index (χ1) is 13.5. The molecule has 0 aliphatic rings. The number of halogens is 7. The predicted molar refractivity (Wildman–Crippen MR) is 93.5 cm³/mol. The lowest BCUT2D eigenvalue weighted by Crippen LogP contribution is -2.17. The Morgan fingerprint density at radius 1 is 0.690 bits per heavy atom. The first kappa shape index (κ1) is 20.8. The van der Waals surface area contributed by atoms with E-state index >= 15 is 0 Å². The molecule has 10 heteroatoms. The minimum absolute atomic E-state index is 0.138. The molecular formula is C19H10ClF6NO2. The van der Waals surface area contributed by atoms with Crippen LogP contribution in [-0.4, -0.2) is 17.7 Å². The fourth-order valence-electron chi connectivity index (χ4n) is 2.50. The fraction of sp³-hybridized carbons (Fsp3) is 0.105. The summed E-state index contributed by atoms with van der Waals surface area (Å²) in [5, 5.41) is 0.139. The second-order valence-electron chi connectivity index (χ2n) is 5.68. The van der Waals surface area contributed by atoms with E-state index in [1.54, 1.807) is 0 Å². The zero-order chi connectivity index (χ0) is 21.2. The highest BCUT2D eigenvalue weighted by Crippen LogP contribution is 2.34. The number of hydrogen-bond donors (Lipinski definition) is 0. The Bertz CT molecular complexity index is 1020. The molecule has 152 valence electrons. The maximum atomic E-state index is 12.4. The van der Waals surface area contributed by atoms with Crippen LogP contribution < -0.4 is 9.47 Å². The van der Waals surface area contributed by atoms with Gasteiger partial charge in [0.05, 0.1) is 16.4 Å². The zero-order valence-electron chi connectivity index (χ0n) is 14.2. The molecule has 0 saturated carbocycles. The normalized spacial score (nSPS) is 12.0. The fourth-order valence-corrected chi connectivity index (χ4v) is 2.71. The molecule has 0 radical (unpaired) electrons. The van der Waals surface area contributed by atoms with Crippen LogP contribution >= 0.6 is 11.6 Å². The number of pyridine rings is 1. The predicted octanol–water partition coefficient (Wildman–Crippen LogP) is 6.87. The Morgan fingerprint density at radius 2 is 1.21 bits per heavy atom. The van der Waals surface area contributed by atoms with Gasteiger partial charge in [-0.15, -0.1) is 26.3 Å². The summed E-state index contributed by atoms with van der Waals surface area (Å²) in [6, 6.07) is 13.1. The minimum atomic E-state index is -4.86. The van der Waals surface area contributed by atoms with E-state index in [0.29, 0.717) is 5.56 Å². The Balaban J connectivity index is 1.98. The van der Waals surface area contributed by atoms with Gasteiger partial charge in [0.25, 0.3) is 0 Å². The molecule has 0 fully saturated rings. The summed E-state index contributed by atoms with van der Waals surface area (Å²) in [5.74, 6) is -0.896. The lowest BCUT2D eigenvalue weighted by atomic mass is 10.1. The first-order valence-electron chi connectivity index (χ1n) is 7.89. The van der Waals surface area contributed by atoms with Gasteiger partial charge in [-0.1, -0.05) is 35.9 Å². The number of alkyl halides is 6. The molecule has 0 amide bonds. The molecule has 1 aromatic heterocycles. The third kappa shape index (κ3) is 5.77. The summed E-state index contributed by atoms with van der Waals surface area (Å²) in [7, 11) is 0. The number of benzene rings is 2. The van der Waals surface area contributed by atoms with Gasteiger partial charge < -0.3 is 9.47 Å². The highest BCUT2D eigenvalue weighted by molar-refractivity contribution is 6.33. The van der Waals surface area contributed by atoms with Crippen LogP contribution in [0.2, 0.25) is 5.02 Å². The van der Waals surface area contributed by atoms with Crippen molar-refractivity contribution < 1.29 is 35.8 Å². The number of nitrogens with zero attached hydrogens (tertiary/aromatic N) is 1. The Morgan fingerprint density at radius 3 is 1.76 bits per heavy atom. The molecule has 0 aliphatic carbocycles. The van der Waals surface area contributed by atoms with E-state index in [1.807, 2.05) is 0 Å². The van der Waals surface area contributed by atoms with Crippen molar-refractivity contribution in [2.75, 3.05) is 0 Å². The summed E-state index contributed by atoms with van der Waals surface area (Å²) in [5.41, 5.74) is 0.923. The van der Waals surface area contributed by atoms with E-state index < -0.39 is 24.2 Å². The van der Waals surface area contributed by atoms with Crippen LogP contribution in [-0.2, 0) is 0 Å². The van der Waals surface area contributed by atoms with E-state index in [2.05, 4.69) is 14.5 Å². The molecule has 0 aliphatic heterocycles. The number of hydrogen-bond acceptors (Lipinski definition) is 3. The smallest absolute Gasteiger partial charge is 0.406 e. The maximum Gasteiger partial charge on any atom is 0.573 e. The summed E-state index contributed by atoms with van der Waals surface area (Å²) >= 11 is 6.12. The molecule has 3 nitrogen and oxygen atoms in total. The van der Waals surface area contributed by atoms with Crippen molar-refractivity contribution in [2.24, 2.45) is 0 Å². The summed E-state index contributed by atoms with van der Waals surface area (Å²) in [6.45, 7) is 0. The van der Waals surface area contributed by atoms with Crippen LogP contribution in [0.5, 0.6) is 11.5 Å². The van der Waals surface area contributed by atoms with Gasteiger partial charge in [0.1, 0.15) is 11.5 Å². The molecule has 3 rings (SSSR count). The highest BCUT2D eigenvalue weighted by Gasteiger charge is 2.32. The van der Waals surface area contributed by atoms with Crippen LogP contribution in [0, 0.1) is 0 Å². The van der Waals surface area contributed by atoms with Crippen LogP contribution in [0.25, 0.3) is 22.5 Å². The molecule has 0 spiro atoms. The lowest BCUT2D eigenvalue weighted by molar-refractivity contribution is -0.275. The summed E-state index contributed by atoms with van der Waals surface area (Å²) in [6.07, 6.45) is -9.72. The second kappa shape index (κ2) is 7.82. The Kier molecular flexibility index (Phi) is 5.61. The van der Waals surface area contributed by atoms with Crippen molar-refractivity contribution in [1.29, 1.82) is 0 Å². The van der Waals surface area contributed by atoms with E-state index in [-0.39, 0.29) is 22.0 Å². The zero-order valence-corrected chi connectivity index (χ0v) is 14.9. The van der Waals surface area contributed by atoms with E-state index in [4.69, 9.17) is 11.6 Å². The molecule has 1 heterocycles. The van der Waals surface area contributed by atoms with Gasteiger partial charge in [0, 0.05) is 11.1 Å². The Hall–Kier alpha value is -2.94. The molecule has 29 heavy (non-hydrogen) atoms. The number of ether oxygens (including phenoxy) is 2. The standard InChI is InChI=1S/C19H10ClF6NO2/c20-15-7-8-16(11-3-1-5-13(9-11)28-18(21,22)23)27-17(15)12-4-2-6-14(10-12)29-19(24,25)26/h1-10H. The minimum Gasteiger partial charge on any atom is -0.406 e. The summed E-state index contributed by atoms with van der Waals surface area (Å²) < 4.78 is 82.4. The first-order valence-corrected chi connectivity index (χ1v) is 8.27. The molecule has 0 unspecified atom stereocenters. The van der Waals surface area contributed by atoms with Crippen LogP contribution in [0.15, 0.2) is 60.7 Å². The topological polar surface area (TPSA) is 31.4 Å².